The normalized spacial score (nSPS) is 17.4. The lowest BCUT2D eigenvalue weighted by Gasteiger charge is -2.33. The van der Waals surface area contributed by atoms with Crippen LogP contribution in [0.2, 0.25) is 5.02 Å². The Hall–Kier alpha value is -4.36. The highest BCUT2D eigenvalue weighted by atomic mass is 35.5. The molecule has 0 saturated heterocycles. The van der Waals surface area contributed by atoms with Gasteiger partial charge in [-0.3, -0.25) is 14.5 Å². The number of anilines is 1. The second-order valence-electron chi connectivity index (χ2n) is 10.1. The van der Waals surface area contributed by atoms with Gasteiger partial charge in [0.15, 0.2) is 0 Å². The summed E-state index contributed by atoms with van der Waals surface area (Å²) in [5, 5.41) is 6.55. The van der Waals surface area contributed by atoms with Gasteiger partial charge < -0.3 is 15.5 Å². The molecule has 2 aliphatic heterocycles. The number of carbonyl (C=O) groups excluding carboxylic acids is 3. The highest BCUT2D eigenvalue weighted by Crippen LogP contribution is 2.38. The highest BCUT2D eigenvalue weighted by Gasteiger charge is 2.47. The Balaban J connectivity index is 1.52. The number of hydrogen-bond donors (Lipinski definition) is 2. The number of amides is 4. The molecule has 0 aromatic heterocycles. The molecule has 7 nitrogen and oxygen atoms in total. The van der Waals surface area contributed by atoms with Crippen molar-refractivity contribution in [2.24, 2.45) is 0 Å². The van der Waals surface area contributed by atoms with Crippen molar-refractivity contribution < 1.29 is 14.4 Å². The lowest BCUT2D eigenvalue weighted by Crippen LogP contribution is -2.47. The summed E-state index contributed by atoms with van der Waals surface area (Å²) in [6.07, 6.45) is 1.94. The molecule has 0 aliphatic carbocycles. The van der Waals surface area contributed by atoms with E-state index in [1.54, 1.807) is 35.2 Å². The predicted molar refractivity (Wildman–Crippen MR) is 157 cm³/mol. The number of nitrogens with one attached hydrogen (secondary N) is 2. The van der Waals surface area contributed by atoms with Gasteiger partial charge in [0.25, 0.3) is 5.91 Å². The Labute approximate surface area is 239 Å². The monoisotopic (exact) mass is 554 g/mol. The van der Waals surface area contributed by atoms with Gasteiger partial charge in [0.1, 0.15) is 6.04 Å². The van der Waals surface area contributed by atoms with Crippen molar-refractivity contribution in [1.29, 1.82) is 0 Å². The quantitative estimate of drug-likeness (QED) is 0.358. The molecule has 3 aromatic carbocycles. The van der Waals surface area contributed by atoms with Crippen LogP contribution in [0.3, 0.4) is 0 Å². The molecular formula is C32H31ClN4O3. The zero-order valence-electron chi connectivity index (χ0n) is 22.5. The van der Waals surface area contributed by atoms with E-state index in [9.17, 15) is 14.4 Å². The van der Waals surface area contributed by atoms with Crippen LogP contribution in [0.15, 0.2) is 96.7 Å². The summed E-state index contributed by atoms with van der Waals surface area (Å²) in [6, 6.07) is 20.6. The minimum Gasteiger partial charge on any atom is -0.326 e. The third kappa shape index (κ3) is 5.38. The average molecular weight is 555 g/mol. The van der Waals surface area contributed by atoms with Crippen LogP contribution in [0.25, 0.3) is 0 Å². The molecule has 204 valence electrons. The van der Waals surface area contributed by atoms with Gasteiger partial charge in [0.05, 0.1) is 23.9 Å². The molecule has 2 atom stereocenters. The summed E-state index contributed by atoms with van der Waals surface area (Å²) < 4.78 is 0. The number of urea groups is 1. The van der Waals surface area contributed by atoms with E-state index in [0.717, 1.165) is 22.3 Å². The molecule has 2 heterocycles. The molecule has 2 N–H and O–H groups in total. The molecule has 0 unspecified atom stereocenters. The molecule has 0 spiro atoms. The van der Waals surface area contributed by atoms with E-state index in [-0.39, 0.29) is 30.9 Å². The standard InChI is InChI=1S/C32H31ClN4O3/c1-4-16-36-27-19-37(31(39)28(27)29(35-32(36)40)23-11-13-24(33)14-12-23)26(18-22-8-6-5-7-9-22)30(38)34-25-15-10-20(2)21(3)17-25/h4-15,17,26,29H,1,16,18-19H2,2-3H3,(H,34,38)(H,35,40)/t26-,29-/m0/s1. The highest BCUT2D eigenvalue weighted by molar-refractivity contribution is 6.30. The zero-order valence-corrected chi connectivity index (χ0v) is 23.2. The van der Waals surface area contributed by atoms with Crippen LogP contribution in [0.5, 0.6) is 0 Å². The van der Waals surface area contributed by atoms with E-state index in [0.29, 0.717) is 28.4 Å². The molecule has 40 heavy (non-hydrogen) atoms. The van der Waals surface area contributed by atoms with Crippen LogP contribution in [0, 0.1) is 13.8 Å². The lowest BCUT2D eigenvalue weighted by atomic mass is 9.95. The van der Waals surface area contributed by atoms with E-state index >= 15 is 0 Å². The van der Waals surface area contributed by atoms with E-state index in [1.807, 2.05) is 62.4 Å². The third-order valence-corrected chi connectivity index (χ3v) is 7.74. The first-order valence-electron chi connectivity index (χ1n) is 13.2. The number of benzene rings is 3. The number of hydrogen-bond acceptors (Lipinski definition) is 3. The second kappa shape index (κ2) is 11.4. The summed E-state index contributed by atoms with van der Waals surface area (Å²) >= 11 is 6.11. The number of carbonyl (C=O) groups is 3. The lowest BCUT2D eigenvalue weighted by molar-refractivity contribution is -0.134. The molecule has 0 fully saturated rings. The molecule has 2 aliphatic rings. The first-order valence-corrected chi connectivity index (χ1v) is 13.5. The van der Waals surface area contributed by atoms with E-state index in [4.69, 9.17) is 11.6 Å². The summed E-state index contributed by atoms with van der Waals surface area (Å²) in [6.45, 7) is 8.15. The third-order valence-electron chi connectivity index (χ3n) is 7.49. The van der Waals surface area contributed by atoms with Gasteiger partial charge in [-0.2, -0.15) is 0 Å². The number of aryl methyl sites for hydroxylation is 2. The van der Waals surface area contributed by atoms with Crippen molar-refractivity contribution in [3.8, 4) is 0 Å². The maximum atomic E-state index is 14.2. The van der Waals surface area contributed by atoms with Crippen molar-refractivity contribution >= 4 is 35.1 Å². The molecule has 0 radical (unpaired) electrons. The van der Waals surface area contributed by atoms with Gasteiger partial charge in [0.2, 0.25) is 5.91 Å². The Bertz CT molecular complexity index is 1500. The van der Waals surface area contributed by atoms with Crippen molar-refractivity contribution in [3.05, 3.63) is 124 Å². The van der Waals surface area contributed by atoms with Gasteiger partial charge in [-0.05, 0) is 60.4 Å². The van der Waals surface area contributed by atoms with Gasteiger partial charge >= 0.3 is 6.03 Å². The molecule has 0 bridgehead atoms. The van der Waals surface area contributed by atoms with Gasteiger partial charge in [-0.15, -0.1) is 6.58 Å². The van der Waals surface area contributed by atoms with Crippen molar-refractivity contribution in [2.45, 2.75) is 32.4 Å². The Morgan fingerprint density at radius 3 is 2.48 bits per heavy atom. The number of rotatable bonds is 8. The molecule has 3 aromatic rings. The smallest absolute Gasteiger partial charge is 0.322 e. The molecule has 4 amide bonds. The summed E-state index contributed by atoms with van der Waals surface area (Å²) in [5.74, 6) is -0.585. The minimum absolute atomic E-state index is 0.122. The van der Waals surface area contributed by atoms with Crippen LogP contribution in [0.4, 0.5) is 10.5 Å². The van der Waals surface area contributed by atoms with Crippen molar-refractivity contribution in [1.82, 2.24) is 15.1 Å². The van der Waals surface area contributed by atoms with Crippen LogP contribution < -0.4 is 10.6 Å². The van der Waals surface area contributed by atoms with Gasteiger partial charge in [0, 0.05) is 23.7 Å². The molecule has 8 heteroatoms. The maximum Gasteiger partial charge on any atom is 0.322 e. The maximum absolute atomic E-state index is 14.2. The fraction of sp³-hybridized carbons (Fsp3) is 0.219. The minimum atomic E-state index is -0.811. The van der Waals surface area contributed by atoms with Gasteiger partial charge in [-0.1, -0.05) is 66.2 Å². The van der Waals surface area contributed by atoms with Crippen LogP contribution in [0.1, 0.15) is 28.3 Å². The second-order valence-corrected chi connectivity index (χ2v) is 10.6. The molecular weight excluding hydrogens is 524 g/mol. The SMILES string of the molecule is C=CCN1C(=O)N[C@@H](c2ccc(Cl)cc2)C2=C1CN([C@@H](Cc1ccccc1)C(=O)Nc1ccc(C)c(C)c1)C2=O. The van der Waals surface area contributed by atoms with Crippen LogP contribution >= 0.6 is 11.6 Å². The van der Waals surface area contributed by atoms with Gasteiger partial charge in [-0.25, -0.2) is 4.79 Å². The molecule has 5 rings (SSSR count). The topological polar surface area (TPSA) is 81.8 Å². The van der Waals surface area contributed by atoms with E-state index < -0.39 is 12.1 Å². The van der Waals surface area contributed by atoms with E-state index in [2.05, 4.69) is 17.2 Å². The fourth-order valence-electron chi connectivity index (χ4n) is 5.22. The average Bonchev–Trinajstić information content (AvgIpc) is 3.28. The number of nitrogens with zero attached hydrogens (tertiary/aromatic N) is 2. The van der Waals surface area contributed by atoms with Crippen molar-refractivity contribution in [3.63, 3.8) is 0 Å². The van der Waals surface area contributed by atoms with Crippen molar-refractivity contribution in [2.75, 3.05) is 18.4 Å². The first-order chi connectivity index (χ1) is 19.3. The van der Waals surface area contributed by atoms with Crippen LogP contribution in [-0.4, -0.2) is 46.8 Å². The Kier molecular flexibility index (Phi) is 7.76. The Morgan fingerprint density at radius 2 is 1.80 bits per heavy atom. The Morgan fingerprint density at radius 1 is 1.07 bits per heavy atom. The zero-order chi connectivity index (χ0) is 28.4. The van der Waals surface area contributed by atoms with Crippen LogP contribution in [-0.2, 0) is 16.0 Å². The summed E-state index contributed by atoms with van der Waals surface area (Å²) in [5.41, 5.74) is 5.52. The van der Waals surface area contributed by atoms with E-state index in [1.165, 1.54) is 4.90 Å². The number of halogens is 1. The summed E-state index contributed by atoms with van der Waals surface area (Å²) in [7, 11) is 0. The largest absolute Gasteiger partial charge is 0.326 e. The fourth-order valence-corrected chi connectivity index (χ4v) is 5.35. The first kappa shape index (κ1) is 27.2. The predicted octanol–water partition coefficient (Wildman–Crippen LogP) is 5.56. The summed E-state index contributed by atoms with van der Waals surface area (Å²) in [4.78, 5) is 44.3. The molecule has 0 saturated carbocycles.